The summed E-state index contributed by atoms with van der Waals surface area (Å²) in [4.78, 5) is 10.9. The highest BCUT2D eigenvalue weighted by atomic mass is 16.5. The van der Waals surface area contributed by atoms with Crippen LogP contribution in [-0.2, 0) is 0 Å². The number of aryl methyl sites for hydroxylation is 1. The Kier molecular flexibility index (Phi) is 5.21. The molecule has 0 saturated heterocycles. The van der Waals surface area contributed by atoms with E-state index in [9.17, 15) is 4.79 Å². The number of hydrogen-bond donors (Lipinski definition) is 2. The van der Waals surface area contributed by atoms with Gasteiger partial charge in [-0.05, 0) is 43.7 Å². The van der Waals surface area contributed by atoms with Crippen LogP contribution >= 0.6 is 0 Å². The van der Waals surface area contributed by atoms with E-state index < -0.39 is 5.97 Å². The van der Waals surface area contributed by atoms with Gasteiger partial charge in [-0.3, -0.25) is 0 Å². The highest BCUT2D eigenvalue weighted by molar-refractivity contribution is 5.88. The van der Waals surface area contributed by atoms with Crippen LogP contribution in [0.1, 0.15) is 22.3 Å². The molecule has 0 fully saturated rings. The van der Waals surface area contributed by atoms with Crippen LogP contribution in [0, 0.1) is 6.92 Å². The Labute approximate surface area is 124 Å². The Hall–Kier alpha value is -2.49. The number of carbonyl (C=O) groups is 1. The van der Waals surface area contributed by atoms with Crippen LogP contribution in [0.4, 0.5) is 5.69 Å². The van der Waals surface area contributed by atoms with Gasteiger partial charge in [-0.1, -0.05) is 23.8 Å². The lowest BCUT2D eigenvalue weighted by atomic mass is 10.2. The molecule has 0 bridgehead atoms. The molecule has 4 nitrogen and oxygen atoms in total. The number of anilines is 1. The van der Waals surface area contributed by atoms with Gasteiger partial charge in [-0.25, -0.2) is 4.79 Å². The van der Waals surface area contributed by atoms with E-state index in [1.54, 1.807) is 18.2 Å². The summed E-state index contributed by atoms with van der Waals surface area (Å²) in [6, 6.07) is 14.7. The van der Waals surface area contributed by atoms with Crippen LogP contribution in [0.15, 0.2) is 48.5 Å². The summed E-state index contributed by atoms with van der Waals surface area (Å²) in [5.41, 5.74) is 2.31. The van der Waals surface area contributed by atoms with E-state index >= 15 is 0 Å². The Morgan fingerprint density at radius 2 is 1.95 bits per heavy atom. The third-order valence-corrected chi connectivity index (χ3v) is 3.05. The molecular weight excluding hydrogens is 266 g/mol. The van der Waals surface area contributed by atoms with Crippen molar-refractivity contribution in [3.05, 3.63) is 59.7 Å². The van der Waals surface area contributed by atoms with Crippen molar-refractivity contribution in [1.82, 2.24) is 0 Å². The van der Waals surface area contributed by atoms with Crippen molar-refractivity contribution in [2.75, 3.05) is 18.5 Å². The predicted molar refractivity (Wildman–Crippen MR) is 83.2 cm³/mol. The smallest absolute Gasteiger partial charge is 0.335 e. The highest BCUT2D eigenvalue weighted by Gasteiger charge is 2.02. The third-order valence-electron chi connectivity index (χ3n) is 3.05. The summed E-state index contributed by atoms with van der Waals surface area (Å²) in [7, 11) is 0. The van der Waals surface area contributed by atoms with Crippen LogP contribution in [0.2, 0.25) is 0 Å². The van der Waals surface area contributed by atoms with Crippen molar-refractivity contribution in [2.24, 2.45) is 0 Å². The van der Waals surface area contributed by atoms with Crippen molar-refractivity contribution in [3.8, 4) is 5.75 Å². The molecule has 2 aromatic rings. The van der Waals surface area contributed by atoms with Gasteiger partial charge in [0.2, 0.25) is 0 Å². The molecule has 0 radical (unpaired) electrons. The first kappa shape index (κ1) is 14.9. The lowest BCUT2D eigenvalue weighted by Gasteiger charge is -2.09. The third kappa shape index (κ3) is 4.84. The fourth-order valence-corrected chi connectivity index (χ4v) is 1.89. The minimum Gasteiger partial charge on any atom is -0.494 e. The molecular formula is C17H19NO3. The standard InChI is InChI=1S/C17H19NO3/c1-13-6-8-16(9-7-13)21-11-3-10-18-15-5-2-4-14(12-15)17(19)20/h2,4-9,12,18H,3,10-11H2,1H3,(H,19,20). The molecule has 0 aromatic heterocycles. The topological polar surface area (TPSA) is 58.6 Å². The fourth-order valence-electron chi connectivity index (χ4n) is 1.89. The number of nitrogens with one attached hydrogen (secondary N) is 1. The minimum absolute atomic E-state index is 0.288. The average Bonchev–Trinajstić information content (AvgIpc) is 2.49. The highest BCUT2D eigenvalue weighted by Crippen LogP contribution is 2.12. The predicted octanol–water partition coefficient (Wildman–Crippen LogP) is 3.57. The normalized spacial score (nSPS) is 10.1. The van der Waals surface area contributed by atoms with Gasteiger partial charge in [0.25, 0.3) is 0 Å². The molecule has 0 heterocycles. The molecule has 110 valence electrons. The van der Waals surface area contributed by atoms with Crippen molar-refractivity contribution < 1.29 is 14.6 Å². The minimum atomic E-state index is -0.915. The van der Waals surface area contributed by atoms with Crippen molar-refractivity contribution >= 4 is 11.7 Å². The fraction of sp³-hybridized carbons (Fsp3) is 0.235. The molecule has 2 N–H and O–H groups in total. The summed E-state index contributed by atoms with van der Waals surface area (Å²) in [6.07, 6.45) is 0.838. The van der Waals surface area contributed by atoms with Crippen molar-refractivity contribution in [1.29, 1.82) is 0 Å². The number of aromatic carboxylic acids is 1. The Balaban J connectivity index is 1.71. The second-order valence-electron chi connectivity index (χ2n) is 4.83. The lowest BCUT2D eigenvalue weighted by molar-refractivity contribution is 0.0697. The van der Waals surface area contributed by atoms with E-state index in [0.717, 1.165) is 24.4 Å². The van der Waals surface area contributed by atoms with Gasteiger partial charge in [0.1, 0.15) is 5.75 Å². The number of ether oxygens (including phenoxy) is 1. The zero-order valence-electron chi connectivity index (χ0n) is 12.0. The van der Waals surface area contributed by atoms with Crippen LogP contribution in [0.3, 0.4) is 0 Å². The summed E-state index contributed by atoms with van der Waals surface area (Å²) in [6.45, 7) is 3.39. The summed E-state index contributed by atoms with van der Waals surface area (Å²) in [5.74, 6) is -0.0465. The molecule has 0 aliphatic rings. The molecule has 0 unspecified atom stereocenters. The molecule has 4 heteroatoms. The summed E-state index contributed by atoms with van der Waals surface area (Å²) >= 11 is 0. The zero-order chi connectivity index (χ0) is 15.1. The second kappa shape index (κ2) is 7.33. The molecule has 0 aliphatic heterocycles. The molecule has 2 rings (SSSR count). The quantitative estimate of drug-likeness (QED) is 0.763. The zero-order valence-corrected chi connectivity index (χ0v) is 12.0. The lowest BCUT2D eigenvalue weighted by Crippen LogP contribution is -2.08. The largest absolute Gasteiger partial charge is 0.494 e. The monoisotopic (exact) mass is 285 g/mol. The second-order valence-corrected chi connectivity index (χ2v) is 4.83. The van der Waals surface area contributed by atoms with E-state index in [2.05, 4.69) is 5.32 Å². The van der Waals surface area contributed by atoms with E-state index in [-0.39, 0.29) is 5.56 Å². The first-order valence-corrected chi connectivity index (χ1v) is 6.92. The van der Waals surface area contributed by atoms with E-state index in [1.165, 1.54) is 5.56 Å². The van der Waals surface area contributed by atoms with Gasteiger partial charge < -0.3 is 15.2 Å². The molecule has 2 aromatic carbocycles. The summed E-state index contributed by atoms with van der Waals surface area (Å²) < 4.78 is 5.63. The maximum Gasteiger partial charge on any atom is 0.335 e. The van der Waals surface area contributed by atoms with Crippen LogP contribution in [0.25, 0.3) is 0 Å². The van der Waals surface area contributed by atoms with Gasteiger partial charge in [0.05, 0.1) is 12.2 Å². The Morgan fingerprint density at radius 1 is 1.19 bits per heavy atom. The molecule has 21 heavy (non-hydrogen) atoms. The number of carboxylic acids is 1. The van der Waals surface area contributed by atoms with E-state index in [1.807, 2.05) is 37.3 Å². The van der Waals surface area contributed by atoms with Crippen LogP contribution in [-0.4, -0.2) is 24.2 Å². The van der Waals surface area contributed by atoms with Gasteiger partial charge in [-0.2, -0.15) is 0 Å². The van der Waals surface area contributed by atoms with Crippen LogP contribution in [0.5, 0.6) is 5.75 Å². The maximum atomic E-state index is 10.9. The van der Waals surface area contributed by atoms with Crippen molar-refractivity contribution in [2.45, 2.75) is 13.3 Å². The first-order chi connectivity index (χ1) is 10.1. The van der Waals surface area contributed by atoms with Crippen molar-refractivity contribution in [3.63, 3.8) is 0 Å². The maximum absolute atomic E-state index is 10.9. The van der Waals surface area contributed by atoms with Gasteiger partial charge in [-0.15, -0.1) is 0 Å². The summed E-state index contributed by atoms with van der Waals surface area (Å²) in [5, 5.41) is 12.1. The average molecular weight is 285 g/mol. The molecule has 0 spiro atoms. The van der Waals surface area contributed by atoms with Gasteiger partial charge >= 0.3 is 5.97 Å². The number of rotatable bonds is 7. The molecule has 0 saturated carbocycles. The molecule has 0 amide bonds. The number of hydrogen-bond acceptors (Lipinski definition) is 3. The molecule has 0 aliphatic carbocycles. The van der Waals surface area contributed by atoms with Crippen LogP contribution < -0.4 is 10.1 Å². The van der Waals surface area contributed by atoms with Gasteiger partial charge in [0.15, 0.2) is 0 Å². The van der Waals surface area contributed by atoms with Gasteiger partial charge in [0, 0.05) is 12.2 Å². The number of benzene rings is 2. The Morgan fingerprint density at radius 3 is 2.67 bits per heavy atom. The first-order valence-electron chi connectivity index (χ1n) is 6.92. The SMILES string of the molecule is Cc1ccc(OCCCNc2cccc(C(=O)O)c2)cc1. The molecule has 0 atom stereocenters. The van der Waals surface area contributed by atoms with E-state index in [0.29, 0.717) is 6.61 Å². The number of carboxylic acid groups (broad SMARTS) is 1. The van der Waals surface area contributed by atoms with E-state index in [4.69, 9.17) is 9.84 Å². The Bertz CT molecular complexity index is 593.